The van der Waals surface area contributed by atoms with Crippen LogP contribution in [0.3, 0.4) is 0 Å². The summed E-state index contributed by atoms with van der Waals surface area (Å²) in [4.78, 5) is 0. The van der Waals surface area contributed by atoms with Crippen LogP contribution in [0.25, 0.3) is 0 Å². The van der Waals surface area contributed by atoms with E-state index in [1.807, 2.05) is 0 Å². The molecule has 70 valence electrons. The van der Waals surface area contributed by atoms with E-state index in [0.717, 1.165) is 23.7 Å². The minimum Gasteiger partial charge on any atom is -0.0625 e. The summed E-state index contributed by atoms with van der Waals surface area (Å²) in [6, 6.07) is 0. The molecule has 0 amide bonds. The first-order valence-corrected chi connectivity index (χ1v) is 5.74. The zero-order chi connectivity index (χ0) is 8.55. The maximum Gasteiger partial charge on any atom is -0.0407 e. The van der Waals surface area contributed by atoms with Gasteiger partial charge in [-0.25, -0.2) is 0 Å². The normalized spacial score (nSPS) is 47.5. The molecule has 0 aromatic carbocycles. The average molecular weight is 166 g/mol. The topological polar surface area (TPSA) is 0 Å². The minimum absolute atomic E-state index is 1.03. The molecule has 2 aliphatic carbocycles. The van der Waals surface area contributed by atoms with E-state index in [4.69, 9.17) is 0 Å². The monoisotopic (exact) mass is 166 g/mol. The van der Waals surface area contributed by atoms with Crippen LogP contribution in [0.15, 0.2) is 0 Å². The van der Waals surface area contributed by atoms with E-state index in [0.29, 0.717) is 0 Å². The Hall–Kier alpha value is 0. The van der Waals surface area contributed by atoms with E-state index < -0.39 is 0 Å². The maximum atomic E-state index is 2.42. The highest BCUT2D eigenvalue weighted by molar-refractivity contribution is 4.81. The second-order valence-electron chi connectivity index (χ2n) is 5.46. The first kappa shape index (κ1) is 8.59. The lowest BCUT2D eigenvalue weighted by Crippen LogP contribution is -2.22. The number of rotatable bonds is 2. The highest BCUT2D eigenvalue weighted by Crippen LogP contribution is 2.42. The molecule has 0 aromatic rings. The second-order valence-corrected chi connectivity index (χ2v) is 5.46. The summed E-state index contributed by atoms with van der Waals surface area (Å²) in [5.74, 6) is 4.31. The van der Waals surface area contributed by atoms with Crippen molar-refractivity contribution in [1.82, 2.24) is 0 Å². The molecular formula is C12H22. The zero-order valence-electron chi connectivity index (χ0n) is 8.55. The highest BCUT2D eigenvalue weighted by atomic mass is 14.4. The fraction of sp³-hybridized carbons (Fsp3) is 1.00. The molecule has 0 bridgehead atoms. The van der Waals surface area contributed by atoms with Crippen LogP contribution in [0, 0.1) is 23.7 Å². The summed E-state index contributed by atoms with van der Waals surface area (Å²) in [6.45, 7) is 4.82. The van der Waals surface area contributed by atoms with Crippen molar-refractivity contribution in [3.8, 4) is 0 Å². The van der Waals surface area contributed by atoms with Crippen molar-refractivity contribution in [2.45, 2.75) is 52.4 Å². The quantitative estimate of drug-likeness (QED) is 0.584. The van der Waals surface area contributed by atoms with Gasteiger partial charge in [-0.2, -0.15) is 0 Å². The summed E-state index contributed by atoms with van der Waals surface area (Å²) in [6.07, 6.45) is 9.20. The van der Waals surface area contributed by atoms with Gasteiger partial charge in [0.2, 0.25) is 0 Å². The van der Waals surface area contributed by atoms with Gasteiger partial charge in [0.25, 0.3) is 0 Å². The van der Waals surface area contributed by atoms with Gasteiger partial charge in [-0.15, -0.1) is 0 Å². The summed E-state index contributed by atoms with van der Waals surface area (Å²) < 4.78 is 0. The van der Waals surface area contributed by atoms with Crippen LogP contribution in [-0.2, 0) is 0 Å². The van der Waals surface area contributed by atoms with Gasteiger partial charge in [0.15, 0.2) is 0 Å². The Morgan fingerprint density at radius 2 is 1.50 bits per heavy atom. The van der Waals surface area contributed by atoms with Crippen molar-refractivity contribution in [3.05, 3.63) is 0 Å². The van der Waals surface area contributed by atoms with Crippen molar-refractivity contribution < 1.29 is 0 Å². The van der Waals surface area contributed by atoms with E-state index in [1.165, 1.54) is 32.1 Å². The Labute approximate surface area is 76.7 Å². The number of hydrogen-bond donors (Lipinski definition) is 0. The molecule has 2 saturated carbocycles. The third-order valence-corrected chi connectivity index (χ3v) is 3.94. The van der Waals surface area contributed by atoms with Crippen LogP contribution in [0.5, 0.6) is 0 Å². The van der Waals surface area contributed by atoms with Gasteiger partial charge in [-0.3, -0.25) is 0 Å². The van der Waals surface area contributed by atoms with Gasteiger partial charge in [0.05, 0.1) is 0 Å². The van der Waals surface area contributed by atoms with Crippen LogP contribution >= 0.6 is 0 Å². The third-order valence-electron chi connectivity index (χ3n) is 3.94. The van der Waals surface area contributed by atoms with Crippen molar-refractivity contribution in [2.75, 3.05) is 0 Å². The van der Waals surface area contributed by atoms with E-state index in [9.17, 15) is 0 Å². The van der Waals surface area contributed by atoms with Crippen molar-refractivity contribution in [3.63, 3.8) is 0 Å². The molecule has 2 atom stereocenters. The molecule has 0 aromatic heterocycles. The Morgan fingerprint density at radius 3 is 2.00 bits per heavy atom. The van der Waals surface area contributed by atoms with Gasteiger partial charge in [-0.05, 0) is 49.4 Å². The van der Waals surface area contributed by atoms with E-state index >= 15 is 0 Å². The largest absolute Gasteiger partial charge is 0.0625 e. The molecule has 0 saturated heterocycles. The molecule has 2 rings (SSSR count). The predicted molar refractivity (Wildman–Crippen MR) is 53.0 cm³/mol. The van der Waals surface area contributed by atoms with Gasteiger partial charge in [0.1, 0.15) is 0 Å². The van der Waals surface area contributed by atoms with E-state index in [1.54, 1.807) is 6.42 Å². The molecule has 12 heavy (non-hydrogen) atoms. The summed E-state index contributed by atoms with van der Waals surface area (Å²) >= 11 is 0. The zero-order valence-corrected chi connectivity index (χ0v) is 8.55. The lowest BCUT2D eigenvalue weighted by Gasteiger charge is -2.34. The fourth-order valence-corrected chi connectivity index (χ4v) is 3.27. The Morgan fingerprint density at radius 1 is 0.833 bits per heavy atom. The van der Waals surface area contributed by atoms with Gasteiger partial charge in [0, 0.05) is 0 Å². The predicted octanol–water partition coefficient (Wildman–Crippen LogP) is 3.86. The van der Waals surface area contributed by atoms with Gasteiger partial charge in [-0.1, -0.05) is 26.7 Å². The van der Waals surface area contributed by atoms with Crippen LogP contribution in [0.1, 0.15) is 52.4 Å². The number of hydrogen-bond acceptors (Lipinski definition) is 0. The molecule has 2 fully saturated rings. The first-order valence-electron chi connectivity index (χ1n) is 5.74. The van der Waals surface area contributed by atoms with Crippen molar-refractivity contribution >= 4 is 0 Å². The van der Waals surface area contributed by atoms with Crippen LogP contribution in [0.2, 0.25) is 0 Å². The van der Waals surface area contributed by atoms with Crippen molar-refractivity contribution in [2.24, 2.45) is 23.7 Å². The smallest absolute Gasteiger partial charge is 0.0407 e. The fourth-order valence-electron chi connectivity index (χ4n) is 3.27. The molecule has 0 spiro atoms. The first-order chi connectivity index (χ1) is 5.74. The van der Waals surface area contributed by atoms with Crippen molar-refractivity contribution in [1.29, 1.82) is 0 Å². The molecule has 0 heterocycles. The summed E-state index contributed by atoms with van der Waals surface area (Å²) in [7, 11) is 0. The average Bonchev–Trinajstić information content (AvgIpc) is 2.33. The van der Waals surface area contributed by atoms with Crippen LogP contribution in [-0.4, -0.2) is 0 Å². The summed E-state index contributed by atoms with van der Waals surface area (Å²) in [5, 5.41) is 0. The Balaban J connectivity index is 1.67. The third kappa shape index (κ3) is 1.84. The van der Waals surface area contributed by atoms with E-state index in [-0.39, 0.29) is 0 Å². The Kier molecular flexibility index (Phi) is 2.43. The van der Waals surface area contributed by atoms with Gasteiger partial charge >= 0.3 is 0 Å². The molecule has 0 heteroatoms. The van der Waals surface area contributed by atoms with Gasteiger partial charge < -0.3 is 0 Å². The minimum atomic E-state index is 1.03. The lowest BCUT2D eigenvalue weighted by atomic mass is 9.72. The molecule has 2 unspecified atom stereocenters. The molecule has 0 aliphatic heterocycles. The molecule has 2 aliphatic rings. The molecule has 0 N–H and O–H groups in total. The standard InChI is InChI=1S/C12H22/c1-9-3-4-11(5-9)8-12-6-10(2)7-12/h9-12H,3-8H2,1-2H3. The SMILES string of the molecule is CC1CCC(CC2CC(C)C2)C1. The van der Waals surface area contributed by atoms with Crippen LogP contribution in [0.4, 0.5) is 0 Å². The summed E-state index contributed by atoms with van der Waals surface area (Å²) in [5.41, 5.74) is 0. The highest BCUT2D eigenvalue weighted by Gasteiger charge is 2.30. The van der Waals surface area contributed by atoms with E-state index in [2.05, 4.69) is 13.8 Å². The molecule has 0 nitrogen and oxygen atoms in total. The maximum absolute atomic E-state index is 2.42. The molecular weight excluding hydrogens is 144 g/mol. The lowest BCUT2D eigenvalue weighted by molar-refractivity contribution is 0.173. The molecule has 0 radical (unpaired) electrons. The second kappa shape index (κ2) is 3.40. The Bertz CT molecular complexity index is 144. The van der Waals surface area contributed by atoms with Crippen LogP contribution < -0.4 is 0 Å².